The number of aromatic nitrogens is 3. The second kappa shape index (κ2) is 7.55. The Morgan fingerprint density at radius 1 is 1.07 bits per heavy atom. The van der Waals surface area contributed by atoms with Crippen molar-refractivity contribution in [2.24, 2.45) is 0 Å². The van der Waals surface area contributed by atoms with E-state index in [1.807, 2.05) is 0 Å². The molecule has 10 heteroatoms. The first-order valence-electron chi connectivity index (χ1n) is 9.04. The summed E-state index contributed by atoms with van der Waals surface area (Å²) in [5, 5.41) is 0.932. The maximum absolute atomic E-state index is 12.8. The van der Waals surface area contributed by atoms with Crippen molar-refractivity contribution < 1.29 is 17.9 Å². The third kappa shape index (κ3) is 4.14. The first kappa shape index (κ1) is 19.5. The lowest BCUT2D eigenvalue weighted by molar-refractivity contribution is -0.274. The monoisotopic (exact) mass is 423 g/mol. The van der Waals surface area contributed by atoms with Gasteiger partial charge >= 0.3 is 6.36 Å². The average Bonchev–Trinajstić information content (AvgIpc) is 2.68. The molecule has 1 aromatic carbocycles. The van der Waals surface area contributed by atoms with Gasteiger partial charge in [0.05, 0.1) is 10.5 Å². The number of nitrogens with zero attached hydrogens (tertiary/aromatic N) is 4. The minimum absolute atomic E-state index is 0.0439. The Kier molecular flexibility index (Phi) is 5.08. The van der Waals surface area contributed by atoms with E-state index >= 15 is 0 Å². The van der Waals surface area contributed by atoms with Gasteiger partial charge in [0, 0.05) is 24.0 Å². The first-order valence-corrected chi connectivity index (χ1v) is 9.41. The Morgan fingerprint density at radius 3 is 2.55 bits per heavy atom. The van der Waals surface area contributed by atoms with Crippen LogP contribution in [0.1, 0.15) is 19.3 Å². The molecule has 152 valence electrons. The van der Waals surface area contributed by atoms with Crippen LogP contribution in [0.2, 0.25) is 5.02 Å². The normalized spacial score (nSPS) is 15.0. The van der Waals surface area contributed by atoms with Crippen molar-refractivity contribution in [1.29, 1.82) is 0 Å². The number of halogens is 4. The van der Waals surface area contributed by atoms with E-state index in [1.165, 1.54) is 18.8 Å². The summed E-state index contributed by atoms with van der Waals surface area (Å²) in [6.07, 6.45) is -0.123. The summed E-state index contributed by atoms with van der Waals surface area (Å²) in [6, 6.07) is 5.58. The highest BCUT2D eigenvalue weighted by molar-refractivity contribution is 6.34. The predicted octanol–water partition coefficient (Wildman–Crippen LogP) is 4.82. The molecule has 6 nitrogen and oxygen atoms in total. The molecule has 1 aliphatic heterocycles. The zero-order chi connectivity index (χ0) is 20.6. The van der Waals surface area contributed by atoms with Crippen molar-refractivity contribution >= 4 is 34.1 Å². The molecule has 4 rings (SSSR count). The molecule has 2 aromatic heterocycles. The SMILES string of the molecule is Nc1ccc(OC(F)(F)F)c(-c2cc3ncnc(N4CCCCC4)c3cc2Cl)n1. The van der Waals surface area contributed by atoms with Gasteiger partial charge in [0.1, 0.15) is 23.7 Å². The van der Waals surface area contributed by atoms with Crippen molar-refractivity contribution in [3.8, 4) is 17.0 Å². The molecule has 0 unspecified atom stereocenters. The van der Waals surface area contributed by atoms with Gasteiger partial charge in [0.15, 0.2) is 5.75 Å². The second-order valence-electron chi connectivity index (χ2n) is 6.72. The lowest BCUT2D eigenvalue weighted by Crippen LogP contribution is -2.30. The van der Waals surface area contributed by atoms with Crippen LogP contribution in [-0.4, -0.2) is 34.4 Å². The number of piperidine rings is 1. The Hall–Kier alpha value is -2.81. The highest BCUT2D eigenvalue weighted by Crippen LogP contribution is 2.39. The van der Waals surface area contributed by atoms with E-state index in [1.54, 1.807) is 12.1 Å². The number of nitrogen functional groups attached to an aromatic ring is 1. The van der Waals surface area contributed by atoms with E-state index in [2.05, 4.69) is 24.6 Å². The fourth-order valence-electron chi connectivity index (χ4n) is 3.46. The number of pyridine rings is 1. The minimum Gasteiger partial charge on any atom is -0.403 e. The number of hydrogen-bond acceptors (Lipinski definition) is 6. The van der Waals surface area contributed by atoms with E-state index in [9.17, 15) is 13.2 Å². The van der Waals surface area contributed by atoms with E-state index < -0.39 is 12.1 Å². The molecule has 2 N–H and O–H groups in total. The van der Waals surface area contributed by atoms with Crippen LogP contribution in [0, 0.1) is 0 Å². The van der Waals surface area contributed by atoms with Crippen LogP contribution in [0.5, 0.6) is 5.75 Å². The molecular formula is C19H17ClF3N5O. The topological polar surface area (TPSA) is 77.2 Å². The van der Waals surface area contributed by atoms with E-state index in [4.69, 9.17) is 17.3 Å². The minimum atomic E-state index is -4.88. The summed E-state index contributed by atoms with van der Waals surface area (Å²) >= 11 is 6.45. The van der Waals surface area contributed by atoms with Gasteiger partial charge in [-0.1, -0.05) is 11.6 Å². The van der Waals surface area contributed by atoms with E-state index in [0.717, 1.165) is 43.2 Å². The van der Waals surface area contributed by atoms with Crippen molar-refractivity contribution in [2.45, 2.75) is 25.6 Å². The molecule has 1 saturated heterocycles. The van der Waals surface area contributed by atoms with E-state index in [0.29, 0.717) is 5.52 Å². The van der Waals surface area contributed by atoms with Crippen molar-refractivity contribution in [3.05, 3.63) is 35.6 Å². The number of nitrogens with two attached hydrogens (primary N) is 1. The molecule has 1 aliphatic rings. The molecule has 3 aromatic rings. The van der Waals surface area contributed by atoms with Crippen LogP contribution in [0.4, 0.5) is 24.8 Å². The Bertz CT molecular complexity index is 1050. The van der Waals surface area contributed by atoms with Crippen molar-refractivity contribution in [1.82, 2.24) is 15.0 Å². The van der Waals surface area contributed by atoms with Crippen molar-refractivity contribution in [3.63, 3.8) is 0 Å². The van der Waals surface area contributed by atoms with Crippen LogP contribution in [-0.2, 0) is 0 Å². The van der Waals surface area contributed by atoms with Crippen LogP contribution in [0.3, 0.4) is 0 Å². The summed E-state index contributed by atoms with van der Waals surface area (Å²) in [5.41, 5.74) is 6.37. The molecule has 29 heavy (non-hydrogen) atoms. The quantitative estimate of drug-likeness (QED) is 0.651. The number of fused-ring (bicyclic) bond motifs is 1. The fraction of sp³-hybridized carbons (Fsp3) is 0.316. The second-order valence-corrected chi connectivity index (χ2v) is 7.13. The fourth-order valence-corrected chi connectivity index (χ4v) is 3.72. The zero-order valence-electron chi connectivity index (χ0n) is 15.2. The molecule has 3 heterocycles. The van der Waals surface area contributed by atoms with Crippen molar-refractivity contribution in [2.75, 3.05) is 23.7 Å². The van der Waals surface area contributed by atoms with Crippen LogP contribution in [0.15, 0.2) is 30.6 Å². The summed E-state index contributed by atoms with van der Waals surface area (Å²) in [4.78, 5) is 14.9. The van der Waals surface area contributed by atoms with Gasteiger partial charge in [-0.15, -0.1) is 13.2 Å². The largest absolute Gasteiger partial charge is 0.573 e. The zero-order valence-corrected chi connectivity index (χ0v) is 16.0. The maximum atomic E-state index is 12.8. The molecule has 1 fully saturated rings. The van der Waals surface area contributed by atoms with Crippen LogP contribution >= 0.6 is 11.6 Å². The third-order valence-electron chi connectivity index (χ3n) is 4.72. The highest BCUT2D eigenvalue weighted by Gasteiger charge is 2.33. The smallest absolute Gasteiger partial charge is 0.403 e. The van der Waals surface area contributed by atoms with Crippen LogP contribution in [0.25, 0.3) is 22.2 Å². The third-order valence-corrected chi connectivity index (χ3v) is 5.03. The van der Waals surface area contributed by atoms with Gasteiger partial charge in [-0.05, 0) is 43.5 Å². The Labute approximate surface area is 169 Å². The number of rotatable bonds is 3. The summed E-state index contributed by atoms with van der Waals surface area (Å²) < 4.78 is 42.5. The molecular weight excluding hydrogens is 407 g/mol. The highest BCUT2D eigenvalue weighted by atomic mass is 35.5. The predicted molar refractivity (Wildman–Crippen MR) is 105 cm³/mol. The van der Waals surface area contributed by atoms with Gasteiger partial charge in [-0.25, -0.2) is 15.0 Å². The molecule has 0 radical (unpaired) electrons. The molecule has 0 bridgehead atoms. The molecule has 0 saturated carbocycles. The summed E-state index contributed by atoms with van der Waals surface area (Å²) in [7, 11) is 0. The first-order chi connectivity index (χ1) is 13.8. The molecule has 0 aliphatic carbocycles. The van der Waals surface area contributed by atoms with Gasteiger partial charge in [0.25, 0.3) is 0 Å². The lowest BCUT2D eigenvalue weighted by Gasteiger charge is -2.28. The van der Waals surface area contributed by atoms with Gasteiger partial charge in [-0.2, -0.15) is 0 Å². The Balaban J connectivity index is 1.84. The number of hydrogen-bond donors (Lipinski definition) is 1. The Morgan fingerprint density at radius 2 is 1.83 bits per heavy atom. The number of alkyl halides is 3. The number of benzene rings is 1. The number of anilines is 2. The van der Waals surface area contributed by atoms with Gasteiger partial charge < -0.3 is 15.4 Å². The maximum Gasteiger partial charge on any atom is 0.573 e. The van der Waals surface area contributed by atoms with Crippen LogP contribution < -0.4 is 15.4 Å². The van der Waals surface area contributed by atoms with Gasteiger partial charge in [0.2, 0.25) is 0 Å². The summed E-state index contributed by atoms with van der Waals surface area (Å²) in [6.45, 7) is 1.76. The molecule has 0 amide bonds. The summed E-state index contributed by atoms with van der Waals surface area (Å²) in [5.74, 6) is 0.316. The number of ether oxygens (including phenoxy) is 1. The van der Waals surface area contributed by atoms with E-state index in [-0.39, 0.29) is 22.1 Å². The average molecular weight is 424 g/mol. The lowest BCUT2D eigenvalue weighted by atomic mass is 10.1. The molecule has 0 atom stereocenters. The van der Waals surface area contributed by atoms with Gasteiger partial charge in [-0.3, -0.25) is 0 Å². The molecule has 0 spiro atoms. The standard InChI is InChI=1S/C19H17ClF3N5O/c20-13-8-12-14(25-10-26-18(12)28-6-2-1-3-7-28)9-11(13)17-15(29-19(21,22)23)4-5-16(24)27-17/h4-5,8-10H,1-3,6-7H2,(H2,24,27).